The number of benzene rings is 1. The molecule has 3 nitrogen and oxygen atoms in total. The number of rotatable bonds is 5. The third-order valence-electron chi connectivity index (χ3n) is 3.91. The summed E-state index contributed by atoms with van der Waals surface area (Å²) in [5, 5.41) is 2.93. The molecule has 1 fully saturated rings. The Morgan fingerprint density at radius 3 is 2.65 bits per heavy atom. The fourth-order valence-electron chi connectivity index (χ4n) is 2.76. The molecule has 2 rings (SSSR count). The summed E-state index contributed by atoms with van der Waals surface area (Å²) >= 11 is 0. The van der Waals surface area contributed by atoms with Crippen molar-refractivity contribution in [3.8, 4) is 0 Å². The van der Waals surface area contributed by atoms with Gasteiger partial charge in [-0.25, -0.2) is 4.79 Å². The molecule has 1 atom stereocenters. The molecule has 0 radical (unpaired) electrons. The lowest BCUT2D eigenvalue weighted by Crippen LogP contribution is -2.39. The molecular weight excluding hydrogens is 250 g/mol. The van der Waals surface area contributed by atoms with Gasteiger partial charge < -0.3 is 10.1 Å². The molecule has 1 aliphatic carbocycles. The summed E-state index contributed by atoms with van der Waals surface area (Å²) in [7, 11) is 0. The summed E-state index contributed by atoms with van der Waals surface area (Å²) in [6.45, 7) is 4.14. The minimum absolute atomic E-state index is 0.0265. The Morgan fingerprint density at radius 1 is 1.30 bits per heavy atom. The van der Waals surface area contributed by atoms with Crippen LogP contribution in [0, 0.1) is 5.92 Å². The van der Waals surface area contributed by atoms with Gasteiger partial charge in [0.2, 0.25) is 0 Å². The van der Waals surface area contributed by atoms with Crippen LogP contribution in [0.25, 0.3) is 0 Å². The van der Waals surface area contributed by atoms with Crippen LogP contribution in [-0.4, -0.2) is 12.1 Å². The summed E-state index contributed by atoms with van der Waals surface area (Å²) < 4.78 is 5.25. The standard InChI is InChI=1S/C17H23NO2/c1-2-16(15-11-7-4-8-12-15)18-17(19)20-13-14-9-5-3-6-10-14/h2-3,5-6,9-10,15-16H,1,4,7-8,11-13H2,(H,18,19)/t16-/m0/s1. The highest BCUT2D eigenvalue weighted by atomic mass is 16.5. The Kier molecular flexibility index (Phi) is 5.66. The lowest BCUT2D eigenvalue weighted by molar-refractivity contribution is 0.132. The van der Waals surface area contributed by atoms with Gasteiger partial charge in [0.1, 0.15) is 6.61 Å². The number of nitrogens with one attached hydrogen (secondary N) is 1. The zero-order valence-electron chi connectivity index (χ0n) is 11.9. The van der Waals surface area contributed by atoms with Crippen molar-refractivity contribution < 1.29 is 9.53 Å². The molecule has 1 aromatic rings. The minimum Gasteiger partial charge on any atom is -0.445 e. The van der Waals surface area contributed by atoms with E-state index in [1.165, 1.54) is 19.3 Å². The van der Waals surface area contributed by atoms with Crippen molar-refractivity contribution >= 4 is 6.09 Å². The summed E-state index contributed by atoms with van der Waals surface area (Å²) in [6.07, 6.45) is 7.60. The molecular formula is C17H23NO2. The second kappa shape index (κ2) is 7.73. The number of amides is 1. The van der Waals surface area contributed by atoms with Crippen LogP contribution >= 0.6 is 0 Å². The molecule has 0 aromatic heterocycles. The average Bonchev–Trinajstić information content (AvgIpc) is 2.52. The third kappa shape index (κ3) is 4.41. The van der Waals surface area contributed by atoms with Gasteiger partial charge in [-0.3, -0.25) is 0 Å². The molecule has 20 heavy (non-hydrogen) atoms. The molecule has 1 aromatic carbocycles. The first-order chi connectivity index (χ1) is 9.79. The first kappa shape index (κ1) is 14.6. The molecule has 0 unspecified atom stereocenters. The number of alkyl carbamates (subject to hydrolysis) is 1. The second-order valence-corrected chi connectivity index (χ2v) is 5.37. The van der Waals surface area contributed by atoms with Gasteiger partial charge >= 0.3 is 6.09 Å². The van der Waals surface area contributed by atoms with Crippen LogP contribution in [0.15, 0.2) is 43.0 Å². The van der Waals surface area contributed by atoms with Gasteiger partial charge in [-0.15, -0.1) is 6.58 Å². The molecule has 1 aliphatic rings. The number of hydrogen-bond acceptors (Lipinski definition) is 2. The van der Waals surface area contributed by atoms with Crippen LogP contribution in [0.3, 0.4) is 0 Å². The molecule has 108 valence electrons. The van der Waals surface area contributed by atoms with Crippen molar-refractivity contribution in [1.29, 1.82) is 0 Å². The molecule has 0 bridgehead atoms. The van der Waals surface area contributed by atoms with E-state index >= 15 is 0 Å². The Morgan fingerprint density at radius 2 is 2.00 bits per heavy atom. The second-order valence-electron chi connectivity index (χ2n) is 5.37. The van der Waals surface area contributed by atoms with Gasteiger partial charge in [0.05, 0.1) is 6.04 Å². The predicted molar refractivity (Wildman–Crippen MR) is 80.3 cm³/mol. The summed E-state index contributed by atoms with van der Waals surface area (Å²) in [5.41, 5.74) is 0.996. The van der Waals surface area contributed by atoms with E-state index in [1.807, 2.05) is 36.4 Å². The van der Waals surface area contributed by atoms with Gasteiger partial charge in [0.15, 0.2) is 0 Å². The maximum Gasteiger partial charge on any atom is 0.407 e. The van der Waals surface area contributed by atoms with Crippen molar-refractivity contribution in [2.75, 3.05) is 0 Å². The fraction of sp³-hybridized carbons (Fsp3) is 0.471. The maximum absolute atomic E-state index is 11.8. The first-order valence-electron chi connectivity index (χ1n) is 7.39. The quantitative estimate of drug-likeness (QED) is 0.822. The molecule has 0 heterocycles. The van der Waals surface area contributed by atoms with Crippen LogP contribution < -0.4 is 5.32 Å². The normalized spacial score (nSPS) is 17.2. The zero-order valence-corrected chi connectivity index (χ0v) is 11.9. The third-order valence-corrected chi connectivity index (χ3v) is 3.91. The van der Waals surface area contributed by atoms with E-state index < -0.39 is 0 Å². The highest BCUT2D eigenvalue weighted by molar-refractivity contribution is 5.68. The largest absolute Gasteiger partial charge is 0.445 e. The van der Waals surface area contributed by atoms with E-state index in [9.17, 15) is 4.79 Å². The Labute approximate surface area is 121 Å². The minimum atomic E-state index is -0.357. The average molecular weight is 273 g/mol. The number of ether oxygens (including phenoxy) is 1. The first-order valence-corrected chi connectivity index (χ1v) is 7.39. The maximum atomic E-state index is 11.8. The number of carbonyl (C=O) groups excluding carboxylic acids is 1. The van der Waals surface area contributed by atoms with E-state index in [0.29, 0.717) is 12.5 Å². The van der Waals surface area contributed by atoms with Crippen LogP contribution in [0.2, 0.25) is 0 Å². The lowest BCUT2D eigenvalue weighted by Gasteiger charge is -2.28. The molecule has 3 heteroatoms. The monoisotopic (exact) mass is 273 g/mol. The van der Waals surface area contributed by atoms with Crippen molar-refractivity contribution in [2.45, 2.75) is 44.8 Å². The van der Waals surface area contributed by atoms with Crippen LogP contribution in [-0.2, 0) is 11.3 Å². The smallest absolute Gasteiger partial charge is 0.407 e. The predicted octanol–water partition coefficient (Wildman–Crippen LogP) is 4.05. The van der Waals surface area contributed by atoms with Crippen molar-refractivity contribution in [1.82, 2.24) is 5.32 Å². The Bertz CT molecular complexity index is 424. The SMILES string of the molecule is C=C[C@H](NC(=O)OCc1ccccc1)C1CCCCC1. The van der Waals surface area contributed by atoms with E-state index in [0.717, 1.165) is 18.4 Å². The van der Waals surface area contributed by atoms with Crippen molar-refractivity contribution in [3.63, 3.8) is 0 Å². The molecule has 0 spiro atoms. The zero-order chi connectivity index (χ0) is 14.2. The molecule has 1 amide bonds. The van der Waals surface area contributed by atoms with Gasteiger partial charge in [0.25, 0.3) is 0 Å². The highest BCUT2D eigenvalue weighted by Crippen LogP contribution is 2.26. The highest BCUT2D eigenvalue weighted by Gasteiger charge is 2.23. The molecule has 0 saturated heterocycles. The van der Waals surface area contributed by atoms with Crippen LogP contribution in [0.1, 0.15) is 37.7 Å². The summed E-state index contributed by atoms with van der Waals surface area (Å²) in [4.78, 5) is 11.8. The van der Waals surface area contributed by atoms with E-state index in [4.69, 9.17) is 4.74 Å². The topological polar surface area (TPSA) is 38.3 Å². The van der Waals surface area contributed by atoms with Gasteiger partial charge in [-0.1, -0.05) is 55.7 Å². The van der Waals surface area contributed by atoms with E-state index in [-0.39, 0.29) is 12.1 Å². The summed E-state index contributed by atoms with van der Waals surface area (Å²) in [5.74, 6) is 0.505. The molecule has 0 aliphatic heterocycles. The molecule has 1 N–H and O–H groups in total. The molecule has 1 saturated carbocycles. The van der Waals surface area contributed by atoms with Gasteiger partial charge in [-0.05, 0) is 24.3 Å². The van der Waals surface area contributed by atoms with E-state index in [1.54, 1.807) is 0 Å². The van der Waals surface area contributed by atoms with Crippen LogP contribution in [0.5, 0.6) is 0 Å². The number of hydrogen-bond donors (Lipinski definition) is 1. The number of carbonyl (C=O) groups is 1. The van der Waals surface area contributed by atoms with E-state index in [2.05, 4.69) is 11.9 Å². The van der Waals surface area contributed by atoms with Crippen molar-refractivity contribution in [2.24, 2.45) is 5.92 Å². The Hall–Kier alpha value is -1.77. The lowest BCUT2D eigenvalue weighted by atomic mass is 9.84. The summed E-state index contributed by atoms with van der Waals surface area (Å²) in [6, 6.07) is 9.73. The van der Waals surface area contributed by atoms with Gasteiger partial charge in [0, 0.05) is 0 Å². The van der Waals surface area contributed by atoms with Gasteiger partial charge in [-0.2, -0.15) is 0 Å². The Balaban J connectivity index is 1.78. The van der Waals surface area contributed by atoms with Crippen molar-refractivity contribution in [3.05, 3.63) is 48.6 Å². The van der Waals surface area contributed by atoms with Crippen LogP contribution in [0.4, 0.5) is 4.79 Å². The fourth-order valence-corrected chi connectivity index (χ4v) is 2.76.